The summed E-state index contributed by atoms with van der Waals surface area (Å²) < 4.78 is 5.18. The summed E-state index contributed by atoms with van der Waals surface area (Å²) >= 11 is 6.00. The number of ketones is 1. The Balaban J connectivity index is 2.13. The molecule has 1 aromatic carbocycles. The molecule has 1 aliphatic rings. The van der Waals surface area contributed by atoms with Crippen LogP contribution in [0.25, 0.3) is 0 Å². The first-order valence-corrected chi connectivity index (χ1v) is 7.48. The second kappa shape index (κ2) is 6.95. The molecule has 1 saturated carbocycles. The zero-order valence-corrected chi connectivity index (χ0v) is 12.2. The van der Waals surface area contributed by atoms with Gasteiger partial charge in [0.2, 0.25) is 0 Å². The van der Waals surface area contributed by atoms with Crippen molar-refractivity contribution in [3.63, 3.8) is 0 Å². The Morgan fingerprint density at radius 3 is 2.42 bits per heavy atom. The first-order valence-electron chi connectivity index (χ1n) is 7.10. The predicted molar refractivity (Wildman–Crippen MR) is 78.1 cm³/mol. The standard InChI is InChI=1S/C16H21ClO2/c1-19-15-11-13(9-10-14(15)17)16(18)12-7-5-3-2-4-6-8-12/h9-12H,2-8H2,1H3. The van der Waals surface area contributed by atoms with Gasteiger partial charge < -0.3 is 4.74 Å². The summed E-state index contributed by atoms with van der Waals surface area (Å²) in [4.78, 5) is 12.5. The van der Waals surface area contributed by atoms with E-state index in [1.807, 2.05) is 6.07 Å². The summed E-state index contributed by atoms with van der Waals surface area (Å²) in [7, 11) is 1.57. The molecular formula is C16H21ClO2. The molecule has 19 heavy (non-hydrogen) atoms. The van der Waals surface area contributed by atoms with Crippen molar-refractivity contribution in [3.8, 4) is 5.75 Å². The Morgan fingerprint density at radius 2 is 1.79 bits per heavy atom. The van der Waals surface area contributed by atoms with Gasteiger partial charge in [0.15, 0.2) is 5.78 Å². The lowest BCUT2D eigenvalue weighted by Gasteiger charge is -2.18. The molecule has 1 fully saturated rings. The number of carbonyl (C=O) groups excluding carboxylic acids is 1. The third kappa shape index (κ3) is 3.73. The number of halogens is 1. The Morgan fingerprint density at radius 1 is 1.16 bits per heavy atom. The van der Waals surface area contributed by atoms with Gasteiger partial charge in [0, 0.05) is 11.5 Å². The molecule has 0 N–H and O–H groups in total. The van der Waals surface area contributed by atoms with Crippen molar-refractivity contribution < 1.29 is 9.53 Å². The van der Waals surface area contributed by atoms with Crippen molar-refractivity contribution in [2.45, 2.75) is 44.9 Å². The van der Waals surface area contributed by atoms with Gasteiger partial charge in [0.25, 0.3) is 0 Å². The van der Waals surface area contributed by atoms with Crippen molar-refractivity contribution in [1.29, 1.82) is 0 Å². The topological polar surface area (TPSA) is 26.3 Å². The maximum Gasteiger partial charge on any atom is 0.166 e. The molecule has 0 saturated heterocycles. The molecule has 0 unspecified atom stereocenters. The second-order valence-corrected chi connectivity index (χ2v) is 5.66. The number of benzene rings is 1. The normalized spacial score (nSPS) is 17.6. The number of carbonyl (C=O) groups is 1. The largest absolute Gasteiger partial charge is 0.495 e. The van der Waals surface area contributed by atoms with Crippen molar-refractivity contribution in [2.75, 3.05) is 7.11 Å². The highest BCUT2D eigenvalue weighted by Gasteiger charge is 2.21. The molecule has 2 nitrogen and oxygen atoms in total. The minimum Gasteiger partial charge on any atom is -0.495 e. The van der Waals surface area contributed by atoms with Gasteiger partial charge in [-0.05, 0) is 31.0 Å². The van der Waals surface area contributed by atoms with Gasteiger partial charge in [-0.1, -0.05) is 43.7 Å². The zero-order valence-electron chi connectivity index (χ0n) is 11.5. The molecule has 1 aliphatic carbocycles. The highest BCUT2D eigenvalue weighted by molar-refractivity contribution is 6.32. The fraction of sp³-hybridized carbons (Fsp3) is 0.562. The predicted octanol–water partition coefficient (Wildman–Crippen LogP) is 4.89. The Hall–Kier alpha value is -1.02. The van der Waals surface area contributed by atoms with Gasteiger partial charge >= 0.3 is 0 Å². The molecule has 0 radical (unpaired) electrons. The highest BCUT2D eigenvalue weighted by atomic mass is 35.5. The number of ether oxygens (including phenoxy) is 1. The van der Waals surface area contributed by atoms with Crippen molar-refractivity contribution in [1.82, 2.24) is 0 Å². The number of hydrogen-bond donors (Lipinski definition) is 0. The summed E-state index contributed by atoms with van der Waals surface area (Å²) in [6.45, 7) is 0. The lowest BCUT2D eigenvalue weighted by Crippen LogP contribution is -2.16. The quantitative estimate of drug-likeness (QED) is 0.737. The monoisotopic (exact) mass is 280 g/mol. The molecule has 0 atom stereocenters. The van der Waals surface area contributed by atoms with Crippen LogP contribution < -0.4 is 4.74 Å². The van der Waals surface area contributed by atoms with E-state index in [2.05, 4.69) is 0 Å². The number of methoxy groups -OCH3 is 1. The first-order chi connectivity index (χ1) is 9.22. The Labute approximate surface area is 120 Å². The van der Waals surface area contributed by atoms with Gasteiger partial charge in [-0.15, -0.1) is 0 Å². The van der Waals surface area contributed by atoms with Gasteiger partial charge in [-0.3, -0.25) is 4.79 Å². The van der Waals surface area contributed by atoms with E-state index in [-0.39, 0.29) is 11.7 Å². The highest BCUT2D eigenvalue weighted by Crippen LogP contribution is 2.29. The van der Waals surface area contributed by atoms with Crippen molar-refractivity contribution in [3.05, 3.63) is 28.8 Å². The Kier molecular flexibility index (Phi) is 5.26. The fourth-order valence-electron chi connectivity index (χ4n) is 2.77. The zero-order chi connectivity index (χ0) is 13.7. The lowest BCUT2D eigenvalue weighted by atomic mass is 9.85. The van der Waals surface area contributed by atoms with E-state index in [1.54, 1.807) is 19.2 Å². The van der Waals surface area contributed by atoms with E-state index >= 15 is 0 Å². The molecule has 0 aliphatic heterocycles. The van der Waals surface area contributed by atoms with Crippen LogP contribution in [-0.4, -0.2) is 12.9 Å². The smallest absolute Gasteiger partial charge is 0.166 e. The molecular weight excluding hydrogens is 260 g/mol. The number of hydrogen-bond acceptors (Lipinski definition) is 2. The minimum absolute atomic E-state index is 0.172. The van der Waals surface area contributed by atoms with Crippen LogP contribution in [0.3, 0.4) is 0 Å². The van der Waals surface area contributed by atoms with E-state index in [0.717, 1.165) is 18.4 Å². The van der Waals surface area contributed by atoms with Crippen LogP contribution >= 0.6 is 11.6 Å². The molecule has 0 spiro atoms. The van der Waals surface area contributed by atoms with Crippen molar-refractivity contribution >= 4 is 17.4 Å². The summed E-state index contributed by atoms with van der Waals surface area (Å²) in [5.74, 6) is 1.00. The van der Waals surface area contributed by atoms with E-state index in [4.69, 9.17) is 16.3 Å². The van der Waals surface area contributed by atoms with Crippen LogP contribution in [0.2, 0.25) is 5.02 Å². The fourth-order valence-corrected chi connectivity index (χ4v) is 2.96. The summed E-state index contributed by atoms with van der Waals surface area (Å²) in [5.41, 5.74) is 0.729. The van der Waals surface area contributed by atoms with Gasteiger partial charge in [0.05, 0.1) is 12.1 Å². The van der Waals surface area contributed by atoms with Gasteiger partial charge in [0.1, 0.15) is 5.75 Å². The summed E-state index contributed by atoms with van der Waals surface area (Å²) in [6, 6.07) is 5.33. The van der Waals surface area contributed by atoms with Crippen molar-refractivity contribution in [2.24, 2.45) is 5.92 Å². The lowest BCUT2D eigenvalue weighted by molar-refractivity contribution is 0.0898. The Bertz CT molecular complexity index is 434. The minimum atomic E-state index is 0.172. The van der Waals surface area contributed by atoms with E-state index in [1.165, 1.54) is 32.1 Å². The third-order valence-electron chi connectivity index (χ3n) is 3.91. The second-order valence-electron chi connectivity index (χ2n) is 5.26. The molecule has 2 rings (SSSR count). The van der Waals surface area contributed by atoms with E-state index in [9.17, 15) is 4.79 Å². The molecule has 1 aromatic rings. The molecule has 3 heteroatoms. The molecule has 0 amide bonds. The molecule has 0 aromatic heterocycles. The summed E-state index contributed by atoms with van der Waals surface area (Å²) in [6.07, 6.45) is 8.20. The van der Waals surface area contributed by atoms with Crippen LogP contribution in [0.4, 0.5) is 0 Å². The first kappa shape index (κ1) is 14.4. The van der Waals surface area contributed by atoms with Crippen LogP contribution in [0.1, 0.15) is 55.3 Å². The molecule has 104 valence electrons. The van der Waals surface area contributed by atoms with E-state index in [0.29, 0.717) is 10.8 Å². The third-order valence-corrected chi connectivity index (χ3v) is 4.22. The van der Waals surface area contributed by atoms with Crippen LogP contribution in [-0.2, 0) is 0 Å². The molecule has 0 heterocycles. The average molecular weight is 281 g/mol. The SMILES string of the molecule is COc1cc(C(=O)C2CCCCCCC2)ccc1Cl. The number of Topliss-reactive ketones (excluding diaryl/α,β-unsaturated/α-hetero) is 1. The maximum atomic E-state index is 12.5. The van der Waals surface area contributed by atoms with Crippen LogP contribution in [0.5, 0.6) is 5.75 Å². The number of rotatable bonds is 3. The average Bonchev–Trinajstić information content (AvgIpc) is 2.38. The maximum absolute atomic E-state index is 12.5. The van der Waals surface area contributed by atoms with Crippen LogP contribution in [0.15, 0.2) is 18.2 Å². The van der Waals surface area contributed by atoms with E-state index < -0.39 is 0 Å². The van der Waals surface area contributed by atoms with Crippen LogP contribution in [0, 0.1) is 5.92 Å². The van der Waals surface area contributed by atoms with Gasteiger partial charge in [-0.25, -0.2) is 0 Å². The molecule has 0 bridgehead atoms. The summed E-state index contributed by atoms with van der Waals surface area (Å²) in [5, 5.41) is 0.553. The van der Waals surface area contributed by atoms with Gasteiger partial charge in [-0.2, -0.15) is 0 Å².